The van der Waals surface area contributed by atoms with Gasteiger partial charge in [-0.25, -0.2) is 19.4 Å². The maximum atomic E-state index is 15.6. The standard InChI is InChI=1S/C76H78Cl2N6O14S2.HI/c1-84(38-20-21-39-84)40-22-27-55-48-99-72-65(71(86)83(72)66(55)73(87)94-47-52-34-36-60(91-4)37-35-52)80-63(85)45-59-49-100(75(79-59)81-76(56-28-14-7-15-29-56,57-30-16-8-17-31-57)58-32-18-9-19-33-58)82-98-68(74(88)97-67(53-23-10-5-11-24-53)54-25-12-6-13-26-54)61-46-62(77)69(95-50-92-43-41-89-2)70(64(61)78)96-51-93-44-42-90-3;/h5-19,22-37,46,49,65,67-68,72H,20-21,38-45,47-48,50-51H2,1-4H3,(H-,79,80,81,85);1H. The van der Waals surface area contributed by atoms with E-state index in [4.69, 9.17) is 80.2 Å². The van der Waals surface area contributed by atoms with Crippen LogP contribution in [0.25, 0.3) is 0 Å². The number of rotatable bonds is 33. The molecule has 2 saturated heterocycles. The van der Waals surface area contributed by atoms with Crippen molar-refractivity contribution in [3.63, 3.8) is 0 Å². The Bertz CT molecular complexity index is 3990. The third kappa shape index (κ3) is 18.7. The summed E-state index contributed by atoms with van der Waals surface area (Å²) in [5.41, 5.74) is 4.32. The van der Waals surface area contributed by atoms with Crippen LogP contribution in [-0.2, 0) is 75.3 Å². The fraction of sp³-hybridized carbons (Fsp3) is 0.303. The molecule has 101 heavy (non-hydrogen) atoms. The van der Waals surface area contributed by atoms with E-state index < -0.39 is 63.6 Å². The van der Waals surface area contributed by atoms with E-state index in [-0.39, 0.29) is 121 Å². The van der Waals surface area contributed by atoms with Crippen LogP contribution in [-0.4, -0.2) is 143 Å². The van der Waals surface area contributed by atoms with Gasteiger partial charge in [-0.15, -0.1) is 11.8 Å². The average molecular weight is 1560 g/mol. The molecule has 4 unspecified atom stereocenters. The molecule has 0 bridgehead atoms. The van der Waals surface area contributed by atoms with Crippen LogP contribution in [0.4, 0.5) is 0 Å². The summed E-state index contributed by atoms with van der Waals surface area (Å²) < 4.78 is 57.6. The van der Waals surface area contributed by atoms with Crippen LogP contribution in [0, 0.1) is 0 Å². The minimum absolute atomic E-state index is 0. The van der Waals surface area contributed by atoms with Crippen molar-refractivity contribution in [2.75, 3.05) is 93.8 Å². The summed E-state index contributed by atoms with van der Waals surface area (Å²) in [6, 6.07) is 55.5. The Morgan fingerprint density at radius 2 is 1.31 bits per heavy atom. The summed E-state index contributed by atoms with van der Waals surface area (Å²) in [7, 11) is 5.27. The van der Waals surface area contributed by atoms with Gasteiger partial charge in [0.25, 0.3) is 5.91 Å². The first-order valence-electron chi connectivity index (χ1n) is 32.6. The lowest BCUT2D eigenvalue weighted by atomic mass is 9.77. The van der Waals surface area contributed by atoms with Crippen LogP contribution in [0.5, 0.6) is 17.2 Å². The topological polar surface area (TPSA) is 213 Å². The van der Waals surface area contributed by atoms with Crippen molar-refractivity contribution in [1.82, 2.24) is 15.5 Å². The fourth-order valence-electron chi connectivity index (χ4n) is 12.1. The highest BCUT2D eigenvalue weighted by Crippen LogP contribution is 2.48. The van der Waals surface area contributed by atoms with Crippen molar-refractivity contribution in [3.8, 4) is 17.2 Å². The summed E-state index contributed by atoms with van der Waals surface area (Å²) in [4.78, 5) is 72.6. The Balaban J connectivity index is 0.0000110. The highest BCUT2D eigenvalue weighted by molar-refractivity contribution is 8.05. The summed E-state index contributed by atoms with van der Waals surface area (Å²) in [5.74, 6) is -1.72. The number of aliphatic imine (C=N–C) groups is 1. The Kier molecular flexibility index (Phi) is 27.6. The number of ether oxygens (including phenoxy) is 9. The maximum Gasteiger partial charge on any atom is 0.355 e. The Labute approximate surface area is 621 Å². The molecule has 0 radical (unpaired) electrons. The highest BCUT2D eigenvalue weighted by atomic mass is 127. The number of hydrogen-bond donors (Lipinski definition) is 2. The number of thioether (sulfide) groups is 1. The second-order valence-electron chi connectivity index (χ2n) is 24.0. The van der Waals surface area contributed by atoms with E-state index in [1.807, 2.05) is 170 Å². The van der Waals surface area contributed by atoms with Gasteiger partial charge in [0.15, 0.2) is 36.4 Å². The zero-order chi connectivity index (χ0) is 69.9. The number of allylic oxidation sites excluding steroid dienone is 1. The van der Waals surface area contributed by atoms with Crippen LogP contribution in [0.3, 0.4) is 0 Å². The molecule has 4 aliphatic rings. The third-order valence-electron chi connectivity index (χ3n) is 17.3. The van der Waals surface area contributed by atoms with Crippen molar-refractivity contribution in [2.24, 2.45) is 9.52 Å². The number of nitrogens with one attached hydrogen (secondary N) is 2. The Hall–Kier alpha value is -7.92. The maximum absolute atomic E-state index is 15.6. The molecule has 4 heterocycles. The molecule has 0 aliphatic carbocycles. The number of likely N-dealkylation sites (tertiary alicyclic amines) is 1. The van der Waals surface area contributed by atoms with Gasteiger partial charge in [-0.05, 0) is 63.2 Å². The largest absolute Gasteiger partial charge is 1.00 e. The van der Waals surface area contributed by atoms with Gasteiger partial charge in [0, 0.05) is 54.5 Å². The van der Waals surface area contributed by atoms with Gasteiger partial charge in [0.2, 0.25) is 12.0 Å². The molecule has 0 saturated carbocycles. The normalized spacial score (nSPS) is 17.3. The van der Waals surface area contributed by atoms with Crippen LogP contribution in [0.1, 0.15) is 70.4 Å². The monoisotopic (exact) mass is 1560 g/mol. The minimum Gasteiger partial charge on any atom is -1.00 e. The van der Waals surface area contributed by atoms with Crippen LogP contribution >= 0.6 is 35.0 Å². The van der Waals surface area contributed by atoms with E-state index in [2.05, 4.69) is 23.8 Å². The summed E-state index contributed by atoms with van der Waals surface area (Å²) in [5, 5.41) is 7.86. The molecule has 530 valence electrons. The first-order valence-corrected chi connectivity index (χ1v) is 35.7. The average Bonchev–Trinajstić information content (AvgIpc) is 1.63. The smallest absolute Gasteiger partial charge is 0.355 e. The first-order chi connectivity index (χ1) is 48.8. The minimum atomic E-state index is -1.80. The number of amides is 2. The van der Waals surface area contributed by atoms with Crippen LogP contribution in [0.15, 0.2) is 226 Å². The number of hydrogen-bond acceptors (Lipinski definition) is 18. The SMILES string of the molecule is COCCOCOc1c(Cl)cc(C(ON=S2C=C(CC(=O)NC3C(=O)N4C(C(=O)OCc5ccc(OC)cc5)=C(C=CC[N+]5(C)CCCC5)CSC34)N=C2NC(c2ccccc2)(c2ccccc2)c2ccccc2)C(=O)OC(c2ccccc2)c2ccccc2)c(Cl)c1OCOCCOC.[I-]. The number of benzene rings is 7. The van der Waals surface area contributed by atoms with Crippen molar-refractivity contribution in [3.05, 3.63) is 266 Å². The van der Waals surface area contributed by atoms with E-state index in [1.54, 1.807) is 31.8 Å². The highest BCUT2D eigenvalue weighted by Gasteiger charge is 2.54. The summed E-state index contributed by atoms with van der Waals surface area (Å²) >= 11 is 16.0. The zero-order valence-corrected chi connectivity index (χ0v) is 61.5. The van der Waals surface area contributed by atoms with Crippen LogP contribution < -0.4 is 48.8 Å². The Morgan fingerprint density at radius 3 is 1.86 bits per heavy atom. The molecule has 11 rings (SSSR count). The molecular weight excluding hydrogens is 1480 g/mol. The zero-order valence-electron chi connectivity index (χ0n) is 56.2. The van der Waals surface area contributed by atoms with Crippen molar-refractivity contribution >= 4 is 74.6 Å². The summed E-state index contributed by atoms with van der Waals surface area (Å²) in [6.45, 7) is 3.09. The molecule has 2 fully saturated rings. The van der Waals surface area contributed by atoms with E-state index in [0.29, 0.717) is 28.2 Å². The molecule has 2 N–H and O–H groups in total. The lowest BCUT2D eigenvalue weighted by Crippen LogP contribution is -3.00. The lowest BCUT2D eigenvalue weighted by Gasteiger charge is -2.49. The van der Waals surface area contributed by atoms with Gasteiger partial charge >= 0.3 is 11.9 Å². The molecule has 0 aromatic heterocycles. The molecule has 4 atom stereocenters. The van der Waals surface area contributed by atoms with E-state index >= 15 is 4.79 Å². The number of fused-ring (bicyclic) bond motifs is 1. The molecule has 0 spiro atoms. The second-order valence-corrected chi connectivity index (χ2v) is 27.3. The van der Waals surface area contributed by atoms with Gasteiger partial charge in [-0.1, -0.05) is 198 Å². The van der Waals surface area contributed by atoms with Gasteiger partial charge in [0.1, 0.15) is 35.0 Å². The fourth-order valence-corrected chi connectivity index (χ4v) is 15.2. The van der Waals surface area contributed by atoms with E-state index in [0.717, 1.165) is 59.2 Å². The molecule has 25 heteroatoms. The third-order valence-corrected chi connectivity index (χ3v) is 20.6. The number of halogens is 3. The molecule has 7 aromatic carbocycles. The number of quaternary nitrogens is 1. The van der Waals surface area contributed by atoms with Gasteiger partial charge in [-0.3, -0.25) is 14.5 Å². The first kappa shape index (κ1) is 75.7. The van der Waals surface area contributed by atoms with Gasteiger partial charge in [0.05, 0.1) is 82.4 Å². The number of amidine groups is 1. The predicted molar refractivity (Wildman–Crippen MR) is 384 cm³/mol. The van der Waals surface area contributed by atoms with Crippen molar-refractivity contribution in [2.45, 2.75) is 55.0 Å². The number of methoxy groups -OCH3 is 3. The number of carbonyl (C=O) groups is 4. The Morgan fingerprint density at radius 1 is 0.752 bits per heavy atom. The van der Waals surface area contributed by atoms with Crippen LogP contribution in [0.2, 0.25) is 10.0 Å². The molecule has 20 nitrogen and oxygen atoms in total. The number of carbonyl (C=O) groups excluding carboxylic acids is 4. The van der Waals surface area contributed by atoms with E-state index in [1.165, 1.54) is 29.8 Å². The second kappa shape index (κ2) is 36.8. The van der Waals surface area contributed by atoms with Gasteiger partial charge < -0.3 is 81.7 Å². The van der Waals surface area contributed by atoms with E-state index in [9.17, 15) is 14.4 Å². The molecule has 4 aliphatic heterocycles. The van der Waals surface area contributed by atoms with Gasteiger partial charge in [-0.2, -0.15) is 0 Å². The molecule has 7 aromatic rings. The number of β-lactam (4-membered cyclic amide) rings is 1. The number of likely N-dealkylation sites (N-methyl/N-ethyl adjacent to an activating group) is 1. The van der Waals surface area contributed by atoms with Crippen molar-refractivity contribution < 1.29 is 95.1 Å². The predicted octanol–water partition coefficient (Wildman–Crippen LogP) is 9.49. The summed E-state index contributed by atoms with van der Waals surface area (Å²) in [6.07, 6.45) is 3.19. The molecule has 2 amide bonds. The quantitative estimate of drug-likeness (QED) is 0.00573. The number of esters is 2. The lowest BCUT2D eigenvalue weighted by molar-refractivity contribution is -0.891. The number of nitrogens with zero attached hydrogens (tertiary/aromatic N) is 4. The molecular formula is C76H79Cl2IN6O14S2. The van der Waals surface area contributed by atoms with Crippen molar-refractivity contribution in [1.29, 1.82) is 0 Å².